The number of hydrogen-bond acceptors (Lipinski definition) is 2. The van der Waals surface area contributed by atoms with Crippen LogP contribution in [0.3, 0.4) is 0 Å². The largest absolute Gasteiger partial charge is 0.429 e. The van der Waals surface area contributed by atoms with Crippen molar-refractivity contribution < 1.29 is 40.2 Å². The molecule has 0 radical (unpaired) electrons. The van der Waals surface area contributed by atoms with Crippen LogP contribution in [0.5, 0.6) is 5.75 Å². The zero-order chi connectivity index (χ0) is 27.4. The predicted octanol–water partition coefficient (Wildman–Crippen LogP) is 8.84. The highest BCUT2D eigenvalue weighted by molar-refractivity contribution is 5.31. The number of ether oxygens (including phenoxy) is 2. The van der Waals surface area contributed by atoms with Gasteiger partial charge in [-0.2, -0.15) is 8.78 Å². The molecule has 2 aromatic rings. The van der Waals surface area contributed by atoms with E-state index in [-0.39, 0.29) is 24.1 Å². The summed E-state index contributed by atoms with van der Waals surface area (Å²) in [6, 6.07) is 2.18. The number of aryl methyl sites for hydroxylation is 1. The Hall–Kier alpha value is -2.29. The van der Waals surface area contributed by atoms with E-state index < -0.39 is 46.5 Å². The van der Waals surface area contributed by atoms with E-state index >= 15 is 0 Å². The normalized spacial score (nSPS) is 24.4. The van der Waals surface area contributed by atoms with Crippen molar-refractivity contribution in [3.63, 3.8) is 0 Å². The number of rotatable bonds is 9. The number of benzene rings is 2. The van der Waals surface area contributed by atoms with Gasteiger partial charge in [0.2, 0.25) is 0 Å². The van der Waals surface area contributed by atoms with Gasteiger partial charge in [0.05, 0.1) is 6.10 Å². The smallest absolute Gasteiger partial charge is 0.429 e. The second-order valence-electron chi connectivity index (χ2n) is 10.6. The lowest BCUT2D eigenvalue weighted by Gasteiger charge is -2.38. The van der Waals surface area contributed by atoms with Crippen LogP contribution < -0.4 is 4.74 Å². The Morgan fingerprint density at radius 3 is 2.08 bits per heavy atom. The molecule has 38 heavy (non-hydrogen) atoms. The van der Waals surface area contributed by atoms with Crippen molar-refractivity contribution >= 4 is 0 Å². The van der Waals surface area contributed by atoms with Gasteiger partial charge in [-0.1, -0.05) is 32.3 Å². The third-order valence-electron chi connectivity index (χ3n) is 8.02. The molecule has 0 bridgehead atoms. The van der Waals surface area contributed by atoms with Gasteiger partial charge in [-0.25, -0.2) is 22.0 Å². The van der Waals surface area contributed by atoms with Crippen LogP contribution >= 0.6 is 0 Å². The van der Waals surface area contributed by atoms with Crippen LogP contribution in [0, 0.1) is 46.8 Å². The minimum absolute atomic E-state index is 0.0272. The molecular formula is C29H33F7O2. The van der Waals surface area contributed by atoms with Gasteiger partial charge in [0, 0.05) is 18.7 Å². The number of hydrogen-bond donors (Lipinski definition) is 0. The molecule has 4 rings (SSSR count). The summed E-state index contributed by atoms with van der Waals surface area (Å²) in [5.74, 6) is -8.12. The van der Waals surface area contributed by atoms with Gasteiger partial charge in [0.25, 0.3) is 0 Å². The molecule has 2 atom stereocenters. The monoisotopic (exact) mass is 546 g/mol. The lowest BCUT2D eigenvalue weighted by Crippen LogP contribution is -2.34. The van der Waals surface area contributed by atoms with E-state index in [1.807, 2.05) is 0 Å². The molecule has 9 heteroatoms. The van der Waals surface area contributed by atoms with Gasteiger partial charge >= 0.3 is 6.11 Å². The van der Waals surface area contributed by atoms with Crippen LogP contribution in [-0.2, 0) is 17.3 Å². The standard InChI is InChI=1S/C29H33F7O2/c1-2-3-18-7-13-25(37-16-18)19-8-4-17(5-9-19)6-10-20-11-12-22(27(33)26(20)32)29(35,36)38-21-14-23(30)28(34)24(31)15-21/h11-12,14-15,17-19,25H,2-10,13,16H2,1H3. The Labute approximate surface area is 218 Å². The van der Waals surface area contributed by atoms with Gasteiger partial charge in [0.15, 0.2) is 29.1 Å². The fourth-order valence-corrected chi connectivity index (χ4v) is 5.84. The van der Waals surface area contributed by atoms with Crippen LogP contribution in [0.1, 0.15) is 75.8 Å². The van der Waals surface area contributed by atoms with Crippen molar-refractivity contribution in [3.05, 3.63) is 64.5 Å². The highest BCUT2D eigenvalue weighted by Crippen LogP contribution is 2.39. The fraction of sp³-hybridized carbons (Fsp3) is 0.586. The van der Waals surface area contributed by atoms with Gasteiger partial charge < -0.3 is 9.47 Å². The number of alkyl halides is 2. The molecule has 2 aliphatic rings. The van der Waals surface area contributed by atoms with Gasteiger partial charge in [-0.05, 0) is 74.3 Å². The summed E-state index contributed by atoms with van der Waals surface area (Å²) in [7, 11) is 0. The molecule has 0 spiro atoms. The van der Waals surface area contributed by atoms with Crippen molar-refractivity contribution in [1.82, 2.24) is 0 Å². The SMILES string of the molecule is CCCC1CCC(C2CCC(CCc3ccc(C(F)(F)Oc4cc(F)c(F)c(F)c4)c(F)c3F)CC2)OC1. The van der Waals surface area contributed by atoms with E-state index in [9.17, 15) is 30.7 Å². The van der Waals surface area contributed by atoms with Crippen LogP contribution in [0.4, 0.5) is 30.7 Å². The Morgan fingerprint density at radius 1 is 0.816 bits per heavy atom. The molecule has 1 saturated carbocycles. The number of halogens is 7. The zero-order valence-corrected chi connectivity index (χ0v) is 21.4. The first-order valence-electron chi connectivity index (χ1n) is 13.4. The van der Waals surface area contributed by atoms with Crippen LogP contribution in [0.15, 0.2) is 24.3 Å². The topological polar surface area (TPSA) is 18.5 Å². The molecule has 1 saturated heterocycles. The first kappa shape index (κ1) is 28.7. The fourth-order valence-electron chi connectivity index (χ4n) is 5.84. The molecule has 1 heterocycles. The molecular weight excluding hydrogens is 513 g/mol. The van der Waals surface area contributed by atoms with E-state index in [1.54, 1.807) is 0 Å². The van der Waals surface area contributed by atoms with Crippen molar-refractivity contribution in [2.75, 3.05) is 6.61 Å². The Bertz CT molecular complexity index is 1070. The summed E-state index contributed by atoms with van der Waals surface area (Å²) in [5.41, 5.74) is -1.45. The Kier molecular flexibility index (Phi) is 9.27. The van der Waals surface area contributed by atoms with E-state index in [0.717, 1.165) is 44.8 Å². The maximum atomic E-state index is 14.7. The van der Waals surface area contributed by atoms with Crippen molar-refractivity contribution in [3.8, 4) is 5.75 Å². The van der Waals surface area contributed by atoms with E-state index in [4.69, 9.17) is 4.74 Å². The predicted molar refractivity (Wildman–Crippen MR) is 128 cm³/mol. The molecule has 1 aliphatic carbocycles. The Balaban J connectivity index is 1.31. The molecule has 0 aromatic heterocycles. The molecule has 2 aromatic carbocycles. The highest BCUT2D eigenvalue weighted by Gasteiger charge is 2.40. The quantitative estimate of drug-likeness (QED) is 0.231. The molecule has 2 nitrogen and oxygen atoms in total. The van der Waals surface area contributed by atoms with Crippen LogP contribution in [0.25, 0.3) is 0 Å². The van der Waals surface area contributed by atoms with Crippen molar-refractivity contribution in [2.24, 2.45) is 17.8 Å². The first-order valence-corrected chi connectivity index (χ1v) is 13.4. The van der Waals surface area contributed by atoms with E-state index in [0.29, 0.717) is 36.3 Å². The zero-order valence-electron chi connectivity index (χ0n) is 21.4. The summed E-state index contributed by atoms with van der Waals surface area (Å²) in [4.78, 5) is 0. The summed E-state index contributed by atoms with van der Waals surface area (Å²) in [6.45, 7) is 3.02. The average molecular weight is 547 g/mol. The lowest BCUT2D eigenvalue weighted by molar-refractivity contribution is -0.188. The molecule has 0 N–H and O–H groups in total. The van der Waals surface area contributed by atoms with Crippen LogP contribution in [-0.4, -0.2) is 12.7 Å². The molecule has 210 valence electrons. The third kappa shape index (κ3) is 6.64. The first-order chi connectivity index (χ1) is 18.1. The Morgan fingerprint density at radius 2 is 1.47 bits per heavy atom. The minimum atomic E-state index is -4.45. The van der Waals surface area contributed by atoms with E-state index in [2.05, 4.69) is 11.7 Å². The van der Waals surface area contributed by atoms with Gasteiger partial charge in [-0.3, -0.25) is 0 Å². The maximum Gasteiger partial charge on any atom is 0.429 e. The van der Waals surface area contributed by atoms with Gasteiger partial charge in [0.1, 0.15) is 11.3 Å². The van der Waals surface area contributed by atoms with Crippen molar-refractivity contribution in [1.29, 1.82) is 0 Å². The van der Waals surface area contributed by atoms with Crippen LogP contribution in [0.2, 0.25) is 0 Å². The van der Waals surface area contributed by atoms with E-state index in [1.165, 1.54) is 19.3 Å². The van der Waals surface area contributed by atoms with Gasteiger partial charge in [-0.15, -0.1) is 0 Å². The summed E-state index contributed by atoms with van der Waals surface area (Å²) < 4.78 is 108. The van der Waals surface area contributed by atoms with Crippen molar-refractivity contribution in [2.45, 2.75) is 83.3 Å². The molecule has 1 aliphatic heterocycles. The second kappa shape index (κ2) is 12.3. The summed E-state index contributed by atoms with van der Waals surface area (Å²) in [5, 5.41) is 0. The maximum absolute atomic E-state index is 14.7. The third-order valence-corrected chi connectivity index (χ3v) is 8.02. The summed E-state index contributed by atoms with van der Waals surface area (Å²) >= 11 is 0. The second-order valence-corrected chi connectivity index (χ2v) is 10.6. The molecule has 0 amide bonds. The molecule has 2 fully saturated rings. The average Bonchev–Trinajstić information content (AvgIpc) is 2.88. The minimum Gasteiger partial charge on any atom is -0.429 e. The lowest BCUT2D eigenvalue weighted by atomic mass is 9.75. The molecule has 2 unspecified atom stereocenters. The highest BCUT2D eigenvalue weighted by atomic mass is 19.3. The summed E-state index contributed by atoms with van der Waals surface area (Å²) in [6.07, 6.45) is 5.30.